The van der Waals surface area contributed by atoms with Gasteiger partial charge in [-0.1, -0.05) is 30.3 Å². The van der Waals surface area contributed by atoms with Crippen molar-refractivity contribution in [1.29, 1.82) is 0 Å². The molecular formula is C14H16N2O3S. The quantitative estimate of drug-likeness (QED) is 0.853. The summed E-state index contributed by atoms with van der Waals surface area (Å²) in [5.41, 5.74) is 6.91. The molecule has 0 saturated carbocycles. The number of benzene rings is 1. The van der Waals surface area contributed by atoms with E-state index in [1.807, 2.05) is 37.3 Å². The van der Waals surface area contributed by atoms with E-state index in [0.717, 1.165) is 5.56 Å². The summed E-state index contributed by atoms with van der Waals surface area (Å²) in [7, 11) is 0. The highest BCUT2D eigenvalue weighted by molar-refractivity contribution is 7.09. The Kier molecular flexibility index (Phi) is 4.84. The van der Waals surface area contributed by atoms with E-state index >= 15 is 0 Å². The zero-order chi connectivity index (χ0) is 14.5. The summed E-state index contributed by atoms with van der Waals surface area (Å²) >= 11 is 1.36. The largest absolute Gasteiger partial charge is 0.480 e. The Hall–Kier alpha value is -1.76. The van der Waals surface area contributed by atoms with Gasteiger partial charge >= 0.3 is 5.97 Å². The van der Waals surface area contributed by atoms with Crippen molar-refractivity contribution in [2.45, 2.75) is 19.1 Å². The van der Waals surface area contributed by atoms with Crippen molar-refractivity contribution in [2.24, 2.45) is 5.73 Å². The molecule has 2 rings (SSSR count). The van der Waals surface area contributed by atoms with Crippen LogP contribution in [0.5, 0.6) is 0 Å². The molecule has 3 N–H and O–H groups in total. The highest BCUT2D eigenvalue weighted by Gasteiger charge is 2.22. The molecule has 0 radical (unpaired) electrons. The second kappa shape index (κ2) is 6.60. The van der Waals surface area contributed by atoms with Gasteiger partial charge in [-0.25, -0.2) is 4.98 Å². The summed E-state index contributed by atoms with van der Waals surface area (Å²) in [6.07, 6.45) is -0.291. The highest BCUT2D eigenvalue weighted by atomic mass is 32.1. The Morgan fingerprint density at radius 1 is 1.45 bits per heavy atom. The van der Waals surface area contributed by atoms with Crippen LogP contribution in [0.1, 0.15) is 35.3 Å². The molecule has 0 spiro atoms. The van der Waals surface area contributed by atoms with Crippen LogP contribution in [0.3, 0.4) is 0 Å². The number of carboxylic acid groups (broad SMARTS) is 1. The third-order valence-electron chi connectivity index (χ3n) is 2.78. The molecule has 2 unspecified atom stereocenters. The SMILES string of the molecule is CCOC(c1ccccc1)c1nc(C(N)C(=O)O)cs1. The van der Waals surface area contributed by atoms with Crippen LogP contribution in [0.2, 0.25) is 0 Å². The molecule has 6 heteroatoms. The van der Waals surface area contributed by atoms with Crippen molar-refractivity contribution in [1.82, 2.24) is 4.98 Å². The number of nitrogens with two attached hydrogens (primary N) is 1. The van der Waals surface area contributed by atoms with Gasteiger partial charge < -0.3 is 15.6 Å². The number of aliphatic carboxylic acids is 1. The monoisotopic (exact) mass is 292 g/mol. The van der Waals surface area contributed by atoms with Crippen LogP contribution < -0.4 is 5.73 Å². The van der Waals surface area contributed by atoms with Crippen LogP contribution in [-0.4, -0.2) is 22.7 Å². The molecule has 2 atom stereocenters. The van der Waals surface area contributed by atoms with E-state index < -0.39 is 12.0 Å². The van der Waals surface area contributed by atoms with Crippen LogP contribution in [0.4, 0.5) is 0 Å². The van der Waals surface area contributed by atoms with E-state index in [2.05, 4.69) is 4.98 Å². The predicted molar refractivity (Wildman–Crippen MR) is 76.6 cm³/mol. The van der Waals surface area contributed by atoms with Crippen molar-refractivity contribution in [2.75, 3.05) is 6.61 Å². The first kappa shape index (κ1) is 14.6. The molecule has 20 heavy (non-hydrogen) atoms. The first-order valence-electron chi connectivity index (χ1n) is 6.23. The lowest BCUT2D eigenvalue weighted by Crippen LogP contribution is -2.21. The second-order valence-electron chi connectivity index (χ2n) is 4.17. The van der Waals surface area contributed by atoms with Crippen LogP contribution in [-0.2, 0) is 9.53 Å². The maximum Gasteiger partial charge on any atom is 0.326 e. The number of hydrogen-bond donors (Lipinski definition) is 2. The third kappa shape index (κ3) is 3.22. The number of thiazole rings is 1. The topological polar surface area (TPSA) is 85.4 Å². The van der Waals surface area contributed by atoms with Gasteiger partial charge in [0.2, 0.25) is 0 Å². The molecular weight excluding hydrogens is 276 g/mol. The van der Waals surface area contributed by atoms with Gasteiger partial charge in [0, 0.05) is 12.0 Å². The molecule has 0 saturated heterocycles. The van der Waals surface area contributed by atoms with Gasteiger partial charge in [-0.05, 0) is 12.5 Å². The lowest BCUT2D eigenvalue weighted by molar-refractivity contribution is -0.138. The lowest BCUT2D eigenvalue weighted by atomic mass is 10.1. The van der Waals surface area contributed by atoms with E-state index in [0.29, 0.717) is 17.3 Å². The van der Waals surface area contributed by atoms with Gasteiger partial charge in [0.1, 0.15) is 17.2 Å². The summed E-state index contributed by atoms with van der Waals surface area (Å²) in [4.78, 5) is 15.2. The van der Waals surface area contributed by atoms with Gasteiger partial charge in [0.05, 0.1) is 5.69 Å². The van der Waals surface area contributed by atoms with Crippen LogP contribution in [0, 0.1) is 0 Å². The molecule has 0 amide bonds. The minimum absolute atomic E-state index is 0.291. The molecule has 1 aromatic carbocycles. The fraction of sp³-hybridized carbons (Fsp3) is 0.286. The molecule has 0 fully saturated rings. The fourth-order valence-electron chi connectivity index (χ4n) is 1.80. The Bertz CT molecular complexity index is 571. The fourth-order valence-corrected chi connectivity index (χ4v) is 2.72. The Morgan fingerprint density at radius 3 is 2.75 bits per heavy atom. The van der Waals surface area contributed by atoms with Crippen LogP contribution in [0.25, 0.3) is 0 Å². The molecule has 0 bridgehead atoms. The summed E-state index contributed by atoms with van der Waals surface area (Å²) < 4.78 is 5.73. The molecule has 5 nitrogen and oxygen atoms in total. The number of hydrogen-bond acceptors (Lipinski definition) is 5. The van der Waals surface area contributed by atoms with Gasteiger partial charge in [-0.2, -0.15) is 0 Å². The smallest absolute Gasteiger partial charge is 0.326 e. The van der Waals surface area contributed by atoms with Gasteiger partial charge in [-0.15, -0.1) is 11.3 Å². The normalized spacial score (nSPS) is 13.9. The molecule has 0 aliphatic rings. The standard InChI is InChI=1S/C14H16N2O3S/c1-2-19-12(9-6-4-3-5-7-9)13-16-10(8-20-13)11(15)14(17)18/h3-8,11-12H,2,15H2,1H3,(H,17,18). The lowest BCUT2D eigenvalue weighted by Gasteiger charge is -2.14. The molecule has 0 aliphatic carbocycles. The van der Waals surface area contributed by atoms with Gasteiger partial charge in [-0.3, -0.25) is 4.79 Å². The van der Waals surface area contributed by atoms with Crippen molar-refractivity contribution < 1.29 is 14.6 Å². The van der Waals surface area contributed by atoms with Crippen molar-refractivity contribution in [3.63, 3.8) is 0 Å². The second-order valence-corrected chi connectivity index (χ2v) is 5.06. The van der Waals surface area contributed by atoms with E-state index in [-0.39, 0.29) is 6.10 Å². The predicted octanol–water partition coefficient (Wildman–Crippen LogP) is 2.35. The zero-order valence-electron chi connectivity index (χ0n) is 11.0. The van der Waals surface area contributed by atoms with Crippen LogP contribution >= 0.6 is 11.3 Å². The average molecular weight is 292 g/mol. The first-order valence-corrected chi connectivity index (χ1v) is 7.11. The molecule has 0 aliphatic heterocycles. The summed E-state index contributed by atoms with van der Waals surface area (Å²) in [6, 6.07) is 8.60. The minimum Gasteiger partial charge on any atom is -0.480 e. The summed E-state index contributed by atoms with van der Waals surface area (Å²) in [5, 5.41) is 11.3. The van der Waals surface area contributed by atoms with Crippen molar-refractivity contribution >= 4 is 17.3 Å². The molecule has 1 heterocycles. The average Bonchev–Trinajstić information content (AvgIpc) is 2.94. The van der Waals surface area contributed by atoms with E-state index in [4.69, 9.17) is 15.6 Å². The Labute approximate surface area is 121 Å². The maximum absolute atomic E-state index is 10.9. The van der Waals surface area contributed by atoms with Crippen LogP contribution in [0.15, 0.2) is 35.7 Å². The number of carboxylic acids is 1. The third-order valence-corrected chi connectivity index (χ3v) is 3.69. The minimum atomic E-state index is -1.10. The number of nitrogens with zero attached hydrogens (tertiary/aromatic N) is 1. The van der Waals surface area contributed by atoms with Crippen molar-refractivity contribution in [3.05, 3.63) is 52.0 Å². The zero-order valence-corrected chi connectivity index (χ0v) is 11.8. The van der Waals surface area contributed by atoms with Crippen molar-refractivity contribution in [3.8, 4) is 0 Å². The molecule has 106 valence electrons. The van der Waals surface area contributed by atoms with Gasteiger partial charge in [0.15, 0.2) is 0 Å². The number of aromatic nitrogens is 1. The number of rotatable bonds is 6. The highest BCUT2D eigenvalue weighted by Crippen LogP contribution is 2.29. The van der Waals surface area contributed by atoms with Gasteiger partial charge in [0.25, 0.3) is 0 Å². The maximum atomic E-state index is 10.9. The number of ether oxygens (including phenoxy) is 1. The molecule has 2 aromatic rings. The molecule has 1 aromatic heterocycles. The number of carbonyl (C=O) groups is 1. The van der Waals surface area contributed by atoms with E-state index in [1.165, 1.54) is 11.3 Å². The Balaban J connectivity index is 2.29. The Morgan fingerprint density at radius 2 is 2.15 bits per heavy atom. The first-order chi connectivity index (χ1) is 9.63. The van der Waals surface area contributed by atoms with E-state index in [9.17, 15) is 4.79 Å². The van der Waals surface area contributed by atoms with E-state index in [1.54, 1.807) is 5.38 Å². The summed E-state index contributed by atoms with van der Waals surface area (Å²) in [5.74, 6) is -1.09. The summed E-state index contributed by atoms with van der Waals surface area (Å²) in [6.45, 7) is 2.45.